The number of ketones is 1. The Balaban J connectivity index is 2.20. The first kappa shape index (κ1) is 24.1. The van der Waals surface area contributed by atoms with Gasteiger partial charge in [-0.2, -0.15) is 0 Å². The van der Waals surface area contributed by atoms with Crippen molar-refractivity contribution in [2.75, 3.05) is 48.5 Å². The van der Waals surface area contributed by atoms with E-state index in [4.69, 9.17) is 14.2 Å². The van der Waals surface area contributed by atoms with Crippen LogP contribution in [0.1, 0.15) is 23.6 Å². The van der Waals surface area contributed by atoms with Crippen LogP contribution in [0.2, 0.25) is 0 Å². The number of methoxy groups -OCH3 is 3. The van der Waals surface area contributed by atoms with Crippen molar-refractivity contribution in [3.05, 3.63) is 59.2 Å². The Kier molecular flexibility index (Phi) is 7.60. The van der Waals surface area contributed by atoms with E-state index < -0.39 is 17.7 Å². The topological polar surface area (TPSA) is 88.5 Å². The molecule has 0 saturated carbocycles. The van der Waals surface area contributed by atoms with Crippen molar-refractivity contribution in [1.82, 2.24) is 9.80 Å². The van der Waals surface area contributed by atoms with Crippen LogP contribution in [0.25, 0.3) is 5.76 Å². The van der Waals surface area contributed by atoms with Crippen molar-refractivity contribution >= 4 is 17.4 Å². The lowest BCUT2D eigenvalue weighted by molar-refractivity contribution is -0.139. The molecule has 176 valence electrons. The highest BCUT2D eigenvalue weighted by Gasteiger charge is 2.46. The van der Waals surface area contributed by atoms with Gasteiger partial charge in [0.1, 0.15) is 5.76 Å². The van der Waals surface area contributed by atoms with Gasteiger partial charge in [-0.3, -0.25) is 9.59 Å². The summed E-state index contributed by atoms with van der Waals surface area (Å²) < 4.78 is 16.4. The summed E-state index contributed by atoms with van der Waals surface area (Å²) >= 11 is 0. The maximum atomic E-state index is 13.1. The Morgan fingerprint density at radius 2 is 1.61 bits per heavy atom. The predicted octanol–water partition coefficient (Wildman–Crippen LogP) is 3.09. The molecule has 0 bridgehead atoms. The van der Waals surface area contributed by atoms with Gasteiger partial charge in [0, 0.05) is 12.1 Å². The minimum atomic E-state index is -0.805. The number of benzene rings is 2. The van der Waals surface area contributed by atoms with Crippen molar-refractivity contribution < 1.29 is 28.9 Å². The zero-order valence-electron chi connectivity index (χ0n) is 19.6. The van der Waals surface area contributed by atoms with Crippen molar-refractivity contribution in [1.29, 1.82) is 0 Å². The summed E-state index contributed by atoms with van der Waals surface area (Å²) in [5.74, 6) is -0.403. The van der Waals surface area contributed by atoms with Crippen molar-refractivity contribution in [2.45, 2.75) is 12.5 Å². The molecule has 1 fully saturated rings. The number of amides is 1. The van der Waals surface area contributed by atoms with Crippen molar-refractivity contribution in [3.8, 4) is 17.2 Å². The average Bonchev–Trinajstić information content (AvgIpc) is 3.07. The molecule has 8 nitrogen and oxygen atoms in total. The number of rotatable bonds is 9. The van der Waals surface area contributed by atoms with E-state index in [9.17, 15) is 14.7 Å². The fourth-order valence-electron chi connectivity index (χ4n) is 4.03. The summed E-state index contributed by atoms with van der Waals surface area (Å²) in [5.41, 5.74) is 1.07. The first-order valence-corrected chi connectivity index (χ1v) is 10.6. The zero-order chi connectivity index (χ0) is 24.1. The lowest BCUT2D eigenvalue weighted by Crippen LogP contribution is -2.32. The molecule has 8 heteroatoms. The highest BCUT2D eigenvalue weighted by Crippen LogP contribution is 2.45. The van der Waals surface area contributed by atoms with Crippen molar-refractivity contribution in [2.24, 2.45) is 0 Å². The van der Waals surface area contributed by atoms with Gasteiger partial charge in [0.15, 0.2) is 11.5 Å². The molecular weight excluding hydrogens is 424 g/mol. The van der Waals surface area contributed by atoms with Crippen LogP contribution in [0.5, 0.6) is 17.2 Å². The largest absolute Gasteiger partial charge is 0.507 e. The van der Waals surface area contributed by atoms with E-state index in [0.29, 0.717) is 41.3 Å². The van der Waals surface area contributed by atoms with Crippen LogP contribution in [0.3, 0.4) is 0 Å². The molecule has 2 aromatic carbocycles. The number of carbonyl (C=O) groups is 2. The molecular formula is C25H30N2O6. The number of likely N-dealkylation sites (tertiary alicyclic amines) is 1. The normalized spacial score (nSPS) is 17.5. The highest BCUT2D eigenvalue weighted by molar-refractivity contribution is 6.46. The van der Waals surface area contributed by atoms with Gasteiger partial charge in [0.2, 0.25) is 5.75 Å². The molecule has 0 radical (unpaired) electrons. The van der Waals surface area contributed by atoms with Crippen LogP contribution in [0.15, 0.2) is 48.0 Å². The van der Waals surface area contributed by atoms with E-state index in [1.54, 1.807) is 36.4 Å². The number of hydrogen-bond donors (Lipinski definition) is 1. The van der Waals surface area contributed by atoms with Gasteiger partial charge in [-0.25, -0.2) is 0 Å². The molecule has 1 heterocycles. The Hall–Kier alpha value is -3.52. The smallest absolute Gasteiger partial charge is 0.295 e. The van der Waals surface area contributed by atoms with Gasteiger partial charge in [-0.05, 0) is 44.8 Å². The van der Waals surface area contributed by atoms with E-state index in [-0.39, 0.29) is 11.3 Å². The third-order valence-corrected chi connectivity index (χ3v) is 5.59. The number of aliphatic hydroxyl groups is 1. The Morgan fingerprint density at radius 3 is 2.12 bits per heavy atom. The molecule has 1 aliphatic heterocycles. The molecule has 1 amide bonds. The van der Waals surface area contributed by atoms with Crippen molar-refractivity contribution in [3.63, 3.8) is 0 Å². The second-order valence-corrected chi connectivity index (χ2v) is 7.97. The Bertz CT molecular complexity index is 1020. The minimum Gasteiger partial charge on any atom is -0.507 e. The van der Waals surface area contributed by atoms with Crippen LogP contribution in [-0.2, 0) is 9.59 Å². The maximum absolute atomic E-state index is 13.1. The molecule has 0 aromatic heterocycles. The van der Waals surface area contributed by atoms with Gasteiger partial charge < -0.3 is 29.1 Å². The summed E-state index contributed by atoms with van der Waals surface area (Å²) in [6, 6.07) is 11.3. The zero-order valence-corrected chi connectivity index (χ0v) is 19.6. The van der Waals surface area contributed by atoms with E-state index >= 15 is 0 Å². The standard InChI is InChI=1S/C25H30N2O6/c1-26(2)12-9-13-27-21(17-14-18(31-3)24(33-5)19(15-17)32-4)20(23(29)25(27)30)22(28)16-10-7-6-8-11-16/h6-8,10-11,14-15,21,28H,9,12-13H2,1-5H3/b22-20+. The van der Waals surface area contributed by atoms with Gasteiger partial charge in [-0.1, -0.05) is 30.3 Å². The molecule has 1 N–H and O–H groups in total. The van der Waals surface area contributed by atoms with Crippen LogP contribution in [-0.4, -0.2) is 75.1 Å². The Morgan fingerprint density at radius 1 is 1.00 bits per heavy atom. The fourth-order valence-corrected chi connectivity index (χ4v) is 4.03. The van der Waals surface area contributed by atoms with Gasteiger partial charge >= 0.3 is 0 Å². The molecule has 2 aromatic rings. The molecule has 0 aliphatic carbocycles. The Labute approximate surface area is 194 Å². The van der Waals surface area contributed by atoms with Gasteiger partial charge in [0.05, 0.1) is 32.9 Å². The van der Waals surface area contributed by atoms with E-state index in [2.05, 4.69) is 0 Å². The van der Waals surface area contributed by atoms with Gasteiger partial charge in [0.25, 0.3) is 11.7 Å². The number of Topliss-reactive ketones (excluding diaryl/α,β-unsaturated/α-hetero) is 1. The lowest BCUT2D eigenvalue weighted by Gasteiger charge is -2.27. The monoisotopic (exact) mass is 454 g/mol. The third-order valence-electron chi connectivity index (χ3n) is 5.59. The van der Waals surface area contributed by atoms with Gasteiger partial charge in [-0.15, -0.1) is 0 Å². The summed E-state index contributed by atoms with van der Waals surface area (Å²) in [4.78, 5) is 29.7. The maximum Gasteiger partial charge on any atom is 0.295 e. The molecule has 3 rings (SSSR count). The number of hydrogen-bond acceptors (Lipinski definition) is 7. The first-order chi connectivity index (χ1) is 15.8. The summed E-state index contributed by atoms with van der Waals surface area (Å²) in [6.07, 6.45) is 0.659. The molecule has 1 saturated heterocycles. The second kappa shape index (κ2) is 10.4. The number of nitrogens with zero attached hydrogens (tertiary/aromatic N) is 2. The fraction of sp³-hybridized carbons (Fsp3) is 0.360. The van der Waals surface area contributed by atoms with E-state index in [1.807, 2.05) is 25.1 Å². The van der Waals surface area contributed by atoms with E-state index in [1.165, 1.54) is 26.2 Å². The number of ether oxygens (including phenoxy) is 3. The lowest BCUT2D eigenvalue weighted by atomic mass is 9.94. The SMILES string of the molecule is COc1cc(C2/C(=C(\O)c3ccccc3)C(=O)C(=O)N2CCCN(C)C)cc(OC)c1OC. The highest BCUT2D eigenvalue weighted by atomic mass is 16.5. The minimum absolute atomic E-state index is 0.0327. The average molecular weight is 455 g/mol. The van der Waals surface area contributed by atoms with Crippen LogP contribution in [0, 0.1) is 0 Å². The predicted molar refractivity (Wildman–Crippen MR) is 125 cm³/mol. The molecule has 1 atom stereocenters. The molecule has 0 spiro atoms. The summed E-state index contributed by atoms with van der Waals surface area (Å²) in [6.45, 7) is 1.08. The number of aliphatic hydroxyl groups excluding tert-OH is 1. The molecule has 33 heavy (non-hydrogen) atoms. The quantitative estimate of drug-likeness (QED) is 0.354. The van der Waals surface area contributed by atoms with E-state index in [0.717, 1.165) is 6.54 Å². The molecule has 1 unspecified atom stereocenters. The number of carbonyl (C=O) groups excluding carboxylic acids is 2. The summed E-state index contributed by atoms with van der Waals surface area (Å²) in [7, 11) is 8.39. The van der Waals surface area contributed by atoms with Crippen LogP contribution < -0.4 is 14.2 Å². The van der Waals surface area contributed by atoms with Crippen LogP contribution in [0.4, 0.5) is 0 Å². The summed E-state index contributed by atoms with van der Waals surface area (Å²) in [5, 5.41) is 11.1. The van der Waals surface area contributed by atoms with Crippen LogP contribution >= 0.6 is 0 Å². The second-order valence-electron chi connectivity index (χ2n) is 7.97. The third kappa shape index (κ3) is 4.80. The first-order valence-electron chi connectivity index (χ1n) is 10.6. The molecule has 1 aliphatic rings.